The van der Waals surface area contributed by atoms with Gasteiger partial charge in [-0.2, -0.15) is 0 Å². The van der Waals surface area contributed by atoms with Gasteiger partial charge in [-0.1, -0.05) is 20.8 Å². The first-order valence-corrected chi connectivity index (χ1v) is 13.4. The van der Waals surface area contributed by atoms with E-state index in [4.69, 9.17) is 0 Å². The zero-order valence-corrected chi connectivity index (χ0v) is 22.9. The molecule has 2 aliphatic heterocycles. The van der Waals surface area contributed by atoms with Gasteiger partial charge in [-0.25, -0.2) is 0 Å². The fraction of sp³-hybridized carbons (Fsp3) is 1.00. The molecule has 0 aliphatic carbocycles. The number of hydrogen-bond donors (Lipinski definition) is 1. The highest BCUT2D eigenvalue weighted by atomic mass is 16.3. The summed E-state index contributed by atoms with van der Waals surface area (Å²) < 4.78 is 0. The van der Waals surface area contributed by atoms with Gasteiger partial charge in [0.15, 0.2) is 0 Å². The maximum Gasteiger partial charge on any atom is 0.0594 e. The molecule has 2 fully saturated rings. The van der Waals surface area contributed by atoms with Crippen LogP contribution in [0.2, 0.25) is 0 Å². The molecule has 3 atom stereocenters. The monoisotopic (exact) mass is 452 g/mol. The van der Waals surface area contributed by atoms with Gasteiger partial charge < -0.3 is 19.8 Å². The van der Waals surface area contributed by atoms with Gasteiger partial charge in [0.2, 0.25) is 0 Å². The van der Waals surface area contributed by atoms with Gasteiger partial charge in [-0.3, -0.25) is 4.90 Å². The standard InChI is InChI=1S/C27H56N4O/c1-23(20-27(6,7)32)9-10-26(4,5)31-17-15-30(16-18-31)22-25(3)19-24(2)21-29-13-11-28(8)12-14-29/h23-25,32H,9-22H2,1-8H3. The van der Waals surface area contributed by atoms with Crippen LogP contribution in [0, 0.1) is 17.8 Å². The van der Waals surface area contributed by atoms with Crippen LogP contribution in [0.4, 0.5) is 0 Å². The van der Waals surface area contributed by atoms with E-state index in [9.17, 15) is 5.11 Å². The normalized spacial score (nSPS) is 23.9. The first kappa shape index (κ1) is 28.0. The lowest BCUT2D eigenvalue weighted by Crippen LogP contribution is -2.55. The molecule has 5 heteroatoms. The Morgan fingerprint density at radius 2 is 1.19 bits per heavy atom. The minimum atomic E-state index is -0.548. The topological polar surface area (TPSA) is 33.2 Å². The predicted octanol–water partition coefficient (Wildman–Crippen LogP) is 3.87. The summed E-state index contributed by atoms with van der Waals surface area (Å²) in [4.78, 5) is 10.5. The van der Waals surface area contributed by atoms with Crippen LogP contribution in [0.3, 0.4) is 0 Å². The van der Waals surface area contributed by atoms with E-state index in [1.54, 1.807) is 0 Å². The quantitative estimate of drug-likeness (QED) is 0.486. The molecule has 0 bridgehead atoms. The van der Waals surface area contributed by atoms with E-state index in [0.29, 0.717) is 5.92 Å². The summed E-state index contributed by atoms with van der Waals surface area (Å²) in [5.41, 5.74) is -0.295. The van der Waals surface area contributed by atoms with Crippen molar-refractivity contribution < 1.29 is 5.11 Å². The van der Waals surface area contributed by atoms with E-state index in [1.165, 1.54) is 84.7 Å². The zero-order valence-electron chi connectivity index (χ0n) is 22.9. The lowest BCUT2D eigenvalue weighted by Gasteiger charge is -2.45. The van der Waals surface area contributed by atoms with Crippen molar-refractivity contribution in [3.05, 3.63) is 0 Å². The molecule has 0 aromatic rings. The van der Waals surface area contributed by atoms with Crippen molar-refractivity contribution in [1.29, 1.82) is 0 Å². The summed E-state index contributed by atoms with van der Waals surface area (Å²) in [5.74, 6) is 2.14. The molecule has 2 heterocycles. The first-order chi connectivity index (χ1) is 14.8. The van der Waals surface area contributed by atoms with Crippen LogP contribution >= 0.6 is 0 Å². The molecule has 0 amide bonds. The van der Waals surface area contributed by atoms with Crippen LogP contribution in [0.5, 0.6) is 0 Å². The van der Waals surface area contributed by atoms with E-state index in [1.807, 2.05) is 13.8 Å². The first-order valence-electron chi connectivity index (χ1n) is 13.4. The lowest BCUT2D eigenvalue weighted by molar-refractivity contribution is 0.0289. The molecule has 0 spiro atoms. The Morgan fingerprint density at radius 3 is 1.66 bits per heavy atom. The third-order valence-electron chi connectivity index (χ3n) is 7.87. The summed E-state index contributed by atoms with van der Waals surface area (Å²) >= 11 is 0. The Kier molecular flexibility index (Phi) is 10.9. The van der Waals surface area contributed by atoms with Crippen LogP contribution in [0.1, 0.15) is 74.1 Å². The third-order valence-corrected chi connectivity index (χ3v) is 7.87. The molecule has 0 aromatic heterocycles. The van der Waals surface area contributed by atoms with Gasteiger partial charge >= 0.3 is 0 Å². The van der Waals surface area contributed by atoms with Crippen LogP contribution in [0.15, 0.2) is 0 Å². The number of hydrogen-bond acceptors (Lipinski definition) is 5. The van der Waals surface area contributed by atoms with Gasteiger partial charge in [-0.05, 0) is 78.2 Å². The highest BCUT2D eigenvalue weighted by Gasteiger charge is 2.31. The van der Waals surface area contributed by atoms with E-state index in [2.05, 4.69) is 61.3 Å². The summed E-state index contributed by atoms with van der Waals surface area (Å²) in [6, 6.07) is 0. The second-order valence-corrected chi connectivity index (χ2v) is 12.8. The summed E-state index contributed by atoms with van der Waals surface area (Å²) in [6.45, 7) is 28.2. The number of piperazine rings is 2. The molecule has 0 saturated carbocycles. The third kappa shape index (κ3) is 10.4. The lowest BCUT2D eigenvalue weighted by atomic mass is 9.86. The average Bonchev–Trinajstić information content (AvgIpc) is 2.67. The zero-order chi connectivity index (χ0) is 23.9. The number of rotatable bonds is 12. The highest BCUT2D eigenvalue weighted by molar-refractivity contribution is 4.87. The van der Waals surface area contributed by atoms with Crippen molar-refractivity contribution in [2.45, 2.75) is 85.3 Å². The molecule has 2 rings (SSSR count). The van der Waals surface area contributed by atoms with Gasteiger partial charge in [0.1, 0.15) is 0 Å². The number of nitrogens with zero attached hydrogens (tertiary/aromatic N) is 4. The van der Waals surface area contributed by atoms with E-state index in [0.717, 1.165) is 18.3 Å². The molecular formula is C27H56N4O. The van der Waals surface area contributed by atoms with Crippen molar-refractivity contribution in [3.8, 4) is 0 Å². The van der Waals surface area contributed by atoms with Crippen LogP contribution in [-0.2, 0) is 0 Å². The Labute approximate surface area is 200 Å². The second-order valence-electron chi connectivity index (χ2n) is 12.8. The Bertz CT molecular complexity index is 516. The maximum absolute atomic E-state index is 10.1. The van der Waals surface area contributed by atoms with Crippen molar-refractivity contribution in [2.24, 2.45) is 17.8 Å². The van der Waals surface area contributed by atoms with Crippen molar-refractivity contribution in [3.63, 3.8) is 0 Å². The van der Waals surface area contributed by atoms with Gasteiger partial charge in [0, 0.05) is 71.0 Å². The SMILES string of the molecule is CC(CC(C)CN1CCN(C(C)(C)CCC(C)CC(C)(C)O)CC1)CN1CCN(C)CC1. The van der Waals surface area contributed by atoms with Gasteiger partial charge in [0.05, 0.1) is 5.60 Å². The number of likely N-dealkylation sites (N-methyl/N-ethyl adjacent to an activating group) is 1. The Balaban J connectivity index is 1.65. The predicted molar refractivity (Wildman–Crippen MR) is 138 cm³/mol. The van der Waals surface area contributed by atoms with E-state index >= 15 is 0 Å². The van der Waals surface area contributed by atoms with Gasteiger partial charge in [-0.15, -0.1) is 0 Å². The fourth-order valence-corrected chi connectivity index (χ4v) is 6.00. The molecule has 5 nitrogen and oxygen atoms in total. The average molecular weight is 453 g/mol. The molecule has 2 saturated heterocycles. The number of aliphatic hydroxyl groups is 1. The van der Waals surface area contributed by atoms with E-state index in [-0.39, 0.29) is 5.54 Å². The van der Waals surface area contributed by atoms with Gasteiger partial charge in [0.25, 0.3) is 0 Å². The smallest absolute Gasteiger partial charge is 0.0594 e. The van der Waals surface area contributed by atoms with Crippen molar-refractivity contribution >= 4 is 0 Å². The minimum Gasteiger partial charge on any atom is -0.390 e. The van der Waals surface area contributed by atoms with Crippen LogP contribution in [-0.4, -0.2) is 108 Å². The molecule has 2 aliphatic rings. The molecule has 190 valence electrons. The second kappa shape index (κ2) is 12.5. The maximum atomic E-state index is 10.1. The van der Waals surface area contributed by atoms with E-state index < -0.39 is 5.60 Å². The van der Waals surface area contributed by atoms with Crippen molar-refractivity contribution in [1.82, 2.24) is 19.6 Å². The summed E-state index contributed by atoms with van der Waals surface area (Å²) in [6.07, 6.45) is 4.64. The summed E-state index contributed by atoms with van der Waals surface area (Å²) in [5, 5.41) is 10.1. The minimum absolute atomic E-state index is 0.253. The molecule has 3 unspecified atom stereocenters. The Morgan fingerprint density at radius 1 is 0.719 bits per heavy atom. The molecule has 0 aromatic carbocycles. The van der Waals surface area contributed by atoms with Crippen LogP contribution < -0.4 is 0 Å². The Hall–Kier alpha value is -0.200. The van der Waals surface area contributed by atoms with Crippen molar-refractivity contribution in [2.75, 3.05) is 72.5 Å². The molecule has 1 N–H and O–H groups in total. The highest BCUT2D eigenvalue weighted by Crippen LogP contribution is 2.28. The van der Waals surface area contributed by atoms with Crippen LogP contribution in [0.25, 0.3) is 0 Å². The fourth-order valence-electron chi connectivity index (χ4n) is 6.00. The largest absolute Gasteiger partial charge is 0.390 e. The molecular weight excluding hydrogens is 396 g/mol. The molecule has 32 heavy (non-hydrogen) atoms. The summed E-state index contributed by atoms with van der Waals surface area (Å²) in [7, 11) is 2.24. The molecule has 0 radical (unpaired) electrons.